The Hall–Kier alpha value is -1.05. The van der Waals surface area contributed by atoms with E-state index < -0.39 is 6.16 Å². The number of carbonyl (C=O) groups excluding carboxylic acids is 1. The fraction of sp³-hybridized carbons (Fsp3) is 0.556. The van der Waals surface area contributed by atoms with Crippen molar-refractivity contribution in [1.29, 1.82) is 0 Å². The van der Waals surface area contributed by atoms with Gasteiger partial charge in [-0.15, -0.1) is 23.7 Å². The summed E-state index contributed by atoms with van der Waals surface area (Å²) in [5.74, 6) is 0.297. The number of nitrogens with zero attached hydrogens (tertiary/aromatic N) is 2. The van der Waals surface area contributed by atoms with Crippen molar-refractivity contribution in [3.8, 4) is 5.88 Å². The van der Waals surface area contributed by atoms with E-state index in [0.29, 0.717) is 5.88 Å². The Morgan fingerprint density at radius 2 is 2.24 bits per heavy atom. The molecule has 0 aromatic carbocycles. The molecule has 17 heavy (non-hydrogen) atoms. The summed E-state index contributed by atoms with van der Waals surface area (Å²) in [6.45, 7) is 3.75. The summed E-state index contributed by atoms with van der Waals surface area (Å²) in [5, 5.41) is 5.84. The molecule has 0 aliphatic carbocycles. The lowest BCUT2D eigenvalue weighted by atomic mass is 10.4. The van der Waals surface area contributed by atoms with Crippen molar-refractivity contribution in [1.82, 2.24) is 10.3 Å². The zero-order valence-corrected chi connectivity index (χ0v) is 11.0. The highest BCUT2D eigenvalue weighted by molar-refractivity contribution is 7.13. The Balaban J connectivity index is 0.00000144. The first-order valence-electron chi connectivity index (χ1n) is 4.96. The second kappa shape index (κ2) is 6.63. The quantitative estimate of drug-likeness (QED) is 0.819. The van der Waals surface area contributed by atoms with Crippen LogP contribution in [0.2, 0.25) is 0 Å². The van der Waals surface area contributed by atoms with Crippen LogP contribution in [0.4, 0.5) is 9.93 Å². The van der Waals surface area contributed by atoms with Gasteiger partial charge in [0.15, 0.2) is 5.13 Å². The third-order valence-corrected chi connectivity index (χ3v) is 3.09. The summed E-state index contributed by atoms with van der Waals surface area (Å²) in [7, 11) is 1.27. The molecule has 0 saturated carbocycles. The Bertz CT molecular complexity index is 368. The van der Waals surface area contributed by atoms with Crippen LogP contribution in [0.15, 0.2) is 5.38 Å². The van der Waals surface area contributed by atoms with Crippen molar-refractivity contribution in [2.45, 2.75) is 0 Å². The van der Waals surface area contributed by atoms with Gasteiger partial charge in [-0.2, -0.15) is 4.98 Å². The van der Waals surface area contributed by atoms with E-state index in [-0.39, 0.29) is 12.4 Å². The largest absolute Gasteiger partial charge is 0.514 e. The van der Waals surface area contributed by atoms with E-state index in [4.69, 9.17) is 4.74 Å². The molecule has 2 heterocycles. The highest BCUT2D eigenvalue weighted by Crippen LogP contribution is 2.25. The van der Waals surface area contributed by atoms with Crippen molar-refractivity contribution in [3.05, 3.63) is 5.38 Å². The molecule has 2 rings (SSSR count). The Morgan fingerprint density at radius 1 is 1.53 bits per heavy atom. The minimum Gasteiger partial charge on any atom is -0.437 e. The number of hydrogen-bond donors (Lipinski definition) is 1. The molecule has 1 aliphatic heterocycles. The van der Waals surface area contributed by atoms with Crippen molar-refractivity contribution in [3.63, 3.8) is 0 Å². The van der Waals surface area contributed by atoms with Crippen LogP contribution in [0.3, 0.4) is 0 Å². The van der Waals surface area contributed by atoms with E-state index >= 15 is 0 Å². The minimum atomic E-state index is -0.739. The molecule has 8 heteroatoms. The van der Waals surface area contributed by atoms with Crippen LogP contribution in [0.1, 0.15) is 0 Å². The van der Waals surface area contributed by atoms with Gasteiger partial charge in [-0.25, -0.2) is 4.79 Å². The SMILES string of the molecule is COC(=O)Oc1csc(N2CCNCC2)n1.Cl. The molecule has 0 unspecified atom stereocenters. The number of hydrogen-bond acceptors (Lipinski definition) is 7. The molecule has 1 saturated heterocycles. The third-order valence-electron chi connectivity index (χ3n) is 2.21. The number of thiazole rings is 1. The van der Waals surface area contributed by atoms with Crippen LogP contribution < -0.4 is 15.0 Å². The van der Waals surface area contributed by atoms with Crippen molar-refractivity contribution in [2.75, 3.05) is 38.2 Å². The first-order valence-corrected chi connectivity index (χ1v) is 5.84. The van der Waals surface area contributed by atoms with Gasteiger partial charge in [0, 0.05) is 26.2 Å². The molecular weight excluding hydrogens is 266 g/mol. The standard InChI is InChI=1S/C9H13N3O3S.ClH/c1-14-9(13)15-7-6-16-8(11-7)12-4-2-10-3-5-12;/h6,10H,2-5H2,1H3;1H. The number of halogens is 1. The van der Waals surface area contributed by atoms with Gasteiger partial charge in [-0.05, 0) is 0 Å². The average molecular weight is 280 g/mol. The fourth-order valence-corrected chi connectivity index (χ4v) is 2.21. The van der Waals surface area contributed by atoms with Gasteiger partial charge in [0.05, 0.1) is 12.5 Å². The molecule has 0 amide bonds. The number of carbonyl (C=O) groups is 1. The van der Waals surface area contributed by atoms with E-state index in [9.17, 15) is 4.79 Å². The molecule has 1 aliphatic rings. The molecular formula is C9H14ClN3O3S. The van der Waals surface area contributed by atoms with Crippen LogP contribution in [-0.4, -0.2) is 44.4 Å². The van der Waals surface area contributed by atoms with Crippen LogP contribution in [-0.2, 0) is 4.74 Å². The fourth-order valence-electron chi connectivity index (χ4n) is 1.43. The van der Waals surface area contributed by atoms with Gasteiger partial charge in [0.25, 0.3) is 0 Å². The molecule has 0 bridgehead atoms. The molecule has 96 valence electrons. The van der Waals surface area contributed by atoms with Crippen LogP contribution in [0.5, 0.6) is 5.88 Å². The zero-order valence-electron chi connectivity index (χ0n) is 9.34. The van der Waals surface area contributed by atoms with Crippen molar-refractivity contribution < 1.29 is 14.3 Å². The monoisotopic (exact) mass is 279 g/mol. The molecule has 1 fully saturated rings. The topological polar surface area (TPSA) is 63.7 Å². The normalized spacial score (nSPS) is 15.0. The number of methoxy groups -OCH3 is 1. The van der Waals surface area contributed by atoms with E-state index in [1.54, 1.807) is 5.38 Å². The van der Waals surface area contributed by atoms with E-state index in [2.05, 4.69) is 19.9 Å². The molecule has 1 aromatic heterocycles. The summed E-state index contributed by atoms with van der Waals surface area (Å²) in [6, 6.07) is 0. The van der Waals surface area contributed by atoms with Crippen LogP contribution in [0.25, 0.3) is 0 Å². The van der Waals surface area contributed by atoms with Gasteiger partial charge in [0.1, 0.15) is 0 Å². The van der Waals surface area contributed by atoms with Gasteiger partial charge >= 0.3 is 6.16 Å². The number of ether oxygens (including phenoxy) is 2. The molecule has 0 atom stereocenters. The van der Waals surface area contributed by atoms with Crippen LogP contribution in [0, 0.1) is 0 Å². The zero-order chi connectivity index (χ0) is 11.4. The first kappa shape index (κ1) is 14.0. The third kappa shape index (κ3) is 3.72. The van der Waals surface area contributed by atoms with E-state index in [1.165, 1.54) is 18.4 Å². The number of piperazine rings is 1. The Labute approximate surface area is 109 Å². The average Bonchev–Trinajstić information content (AvgIpc) is 2.78. The van der Waals surface area contributed by atoms with E-state index in [0.717, 1.165) is 31.3 Å². The maximum atomic E-state index is 10.9. The van der Waals surface area contributed by atoms with Gasteiger partial charge in [-0.1, -0.05) is 0 Å². The van der Waals surface area contributed by atoms with Gasteiger partial charge in [0.2, 0.25) is 5.88 Å². The van der Waals surface area contributed by atoms with E-state index in [1.807, 2.05) is 0 Å². The second-order valence-electron chi connectivity index (χ2n) is 3.26. The predicted octanol–water partition coefficient (Wildman–Crippen LogP) is 1.12. The second-order valence-corrected chi connectivity index (χ2v) is 4.10. The number of nitrogens with one attached hydrogen (secondary N) is 1. The minimum absolute atomic E-state index is 0. The predicted molar refractivity (Wildman–Crippen MR) is 67.5 cm³/mol. The maximum Gasteiger partial charge on any atom is 0.514 e. The Kier molecular flexibility index (Phi) is 5.46. The molecule has 6 nitrogen and oxygen atoms in total. The highest BCUT2D eigenvalue weighted by atomic mass is 35.5. The van der Waals surface area contributed by atoms with Crippen molar-refractivity contribution in [2.24, 2.45) is 0 Å². The number of aromatic nitrogens is 1. The first-order chi connectivity index (χ1) is 7.79. The smallest absolute Gasteiger partial charge is 0.437 e. The summed E-state index contributed by atoms with van der Waals surface area (Å²) in [4.78, 5) is 17.2. The molecule has 0 spiro atoms. The van der Waals surface area contributed by atoms with Crippen LogP contribution >= 0.6 is 23.7 Å². The molecule has 1 N–H and O–H groups in total. The summed E-state index contributed by atoms with van der Waals surface area (Å²) in [6.07, 6.45) is -0.739. The van der Waals surface area contributed by atoms with Gasteiger partial charge in [-0.3, -0.25) is 0 Å². The maximum absolute atomic E-state index is 10.9. The molecule has 0 radical (unpaired) electrons. The highest BCUT2D eigenvalue weighted by Gasteiger charge is 2.15. The lowest BCUT2D eigenvalue weighted by molar-refractivity contribution is 0.120. The molecule has 1 aromatic rings. The number of rotatable bonds is 2. The summed E-state index contributed by atoms with van der Waals surface area (Å²) >= 11 is 1.46. The number of anilines is 1. The van der Waals surface area contributed by atoms with Gasteiger partial charge < -0.3 is 19.7 Å². The summed E-state index contributed by atoms with van der Waals surface area (Å²) in [5.41, 5.74) is 0. The summed E-state index contributed by atoms with van der Waals surface area (Å²) < 4.78 is 9.22. The van der Waals surface area contributed by atoms with Crippen molar-refractivity contribution >= 4 is 35.0 Å². The Morgan fingerprint density at radius 3 is 2.88 bits per heavy atom. The lowest BCUT2D eigenvalue weighted by Crippen LogP contribution is -2.43. The lowest BCUT2D eigenvalue weighted by Gasteiger charge is -2.26.